The van der Waals surface area contributed by atoms with Gasteiger partial charge in [0.15, 0.2) is 29.3 Å². The smallest absolute Gasteiger partial charge is 0.462 e. The molecule has 0 radical (unpaired) electrons. The summed E-state index contributed by atoms with van der Waals surface area (Å²) >= 11 is 6.36. The number of methoxy groups -OCH3 is 1. The number of carbonyl (C=O) groups excluding carboxylic acids is 2. The zero-order chi connectivity index (χ0) is 32.2. The Balaban J connectivity index is 1.65. The summed E-state index contributed by atoms with van der Waals surface area (Å²) in [6.45, 7) is 3.97. The highest BCUT2D eigenvalue weighted by Crippen LogP contribution is 2.50. The van der Waals surface area contributed by atoms with Crippen molar-refractivity contribution in [2.45, 2.75) is 56.5 Å². The molecule has 44 heavy (non-hydrogen) atoms. The van der Waals surface area contributed by atoms with E-state index in [0.717, 1.165) is 11.7 Å². The number of nitrogens with one attached hydrogen (secondary N) is 2. The molecule has 0 spiro atoms. The molecular weight excluding hydrogens is 628 g/mol. The fraction of sp³-hybridized carbons (Fsp3) is 0.480. The van der Waals surface area contributed by atoms with Crippen molar-refractivity contribution in [3.8, 4) is 5.75 Å². The molecule has 240 valence electrons. The first kappa shape index (κ1) is 33.1. The zero-order valence-electron chi connectivity index (χ0n) is 24.3. The van der Waals surface area contributed by atoms with Crippen LogP contribution in [-0.2, 0) is 32.8 Å². The van der Waals surface area contributed by atoms with Gasteiger partial charge in [0, 0.05) is 7.05 Å². The second-order valence-corrected chi connectivity index (χ2v) is 12.0. The van der Waals surface area contributed by atoms with Crippen molar-refractivity contribution in [2.24, 2.45) is 0 Å². The molecule has 1 aromatic carbocycles. The molecule has 16 nitrogen and oxygen atoms in total. The Hall–Kier alpha value is -3.76. The van der Waals surface area contributed by atoms with Crippen LogP contribution in [0.4, 0.5) is 21.0 Å². The Bertz CT molecular complexity index is 1530. The van der Waals surface area contributed by atoms with Gasteiger partial charge in [-0.15, -0.1) is 0 Å². The number of nitrogens with two attached hydrogens (primary N) is 1. The number of carbonyl (C=O) groups is 2. The predicted octanol–water partition coefficient (Wildman–Crippen LogP) is 3.54. The number of hydrogen-bond donors (Lipinski definition) is 3. The van der Waals surface area contributed by atoms with Crippen molar-refractivity contribution < 1.29 is 46.5 Å². The molecule has 0 saturated carbocycles. The van der Waals surface area contributed by atoms with E-state index in [-0.39, 0.29) is 28.7 Å². The number of fused-ring (bicyclic) bond motifs is 1. The van der Waals surface area contributed by atoms with Crippen molar-refractivity contribution in [1.29, 1.82) is 0 Å². The summed E-state index contributed by atoms with van der Waals surface area (Å²) in [5.74, 6) is -0.513. The third-order valence-corrected chi connectivity index (χ3v) is 8.15. The summed E-state index contributed by atoms with van der Waals surface area (Å²) in [6.07, 6.45) is -5.65. The Morgan fingerprint density at radius 1 is 1.25 bits per heavy atom. The molecule has 0 amide bonds. The maximum atomic E-state index is 16.4. The standard InChI is InChI=1S/C25H32ClFN7O9P/c1-13(2)40-21(35)14(3)33-44(37,43-15-9-7-6-8-10-15)39-11-16-18(42-24(36)38-5)25(26,27)22(41-16)34-12-30-17-19(29-4)31-23(28)32-20(17)34/h6-10,12-14,16,18,22H,11H2,1-5H3,(H,33,37)(H3,28,29,31,32)/t14-,16+,18+,22+,25+,44?/m0/s1. The minimum Gasteiger partial charge on any atom is -0.462 e. The Labute approximate surface area is 256 Å². The normalized spacial score (nSPS) is 23.6. The van der Waals surface area contributed by atoms with Crippen LogP contribution in [0.5, 0.6) is 5.75 Å². The number of esters is 1. The van der Waals surface area contributed by atoms with Crippen LogP contribution in [0.25, 0.3) is 11.2 Å². The van der Waals surface area contributed by atoms with E-state index in [1.165, 1.54) is 25.4 Å². The number of alkyl halides is 2. The number of ether oxygens (including phenoxy) is 4. The molecule has 1 unspecified atom stereocenters. The highest BCUT2D eigenvalue weighted by Gasteiger charge is 2.61. The van der Waals surface area contributed by atoms with E-state index in [4.69, 9.17) is 40.6 Å². The van der Waals surface area contributed by atoms with Gasteiger partial charge in [-0.3, -0.25) is 13.9 Å². The van der Waals surface area contributed by atoms with Crippen molar-refractivity contribution in [2.75, 3.05) is 31.8 Å². The van der Waals surface area contributed by atoms with Crippen LogP contribution in [0, 0.1) is 0 Å². The number of aromatic nitrogens is 4. The van der Waals surface area contributed by atoms with E-state index in [1.54, 1.807) is 39.1 Å². The van der Waals surface area contributed by atoms with Crippen molar-refractivity contribution in [1.82, 2.24) is 24.6 Å². The summed E-state index contributed by atoms with van der Waals surface area (Å²) in [7, 11) is -1.83. The number of anilines is 2. The zero-order valence-corrected chi connectivity index (χ0v) is 26.0. The number of para-hydroxylation sites is 1. The number of imidazole rings is 1. The lowest BCUT2D eigenvalue weighted by Gasteiger charge is -2.26. The van der Waals surface area contributed by atoms with Gasteiger partial charge in [0.05, 0.1) is 26.1 Å². The maximum absolute atomic E-state index is 16.4. The van der Waals surface area contributed by atoms with E-state index in [9.17, 15) is 14.2 Å². The lowest BCUT2D eigenvalue weighted by Crippen LogP contribution is -2.43. The average Bonchev–Trinajstić information content (AvgIpc) is 3.48. The number of rotatable bonds is 12. The van der Waals surface area contributed by atoms with Crippen LogP contribution in [0.3, 0.4) is 0 Å². The molecule has 0 bridgehead atoms. The van der Waals surface area contributed by atoms with Crippen LogP contribution in [0.2, 0.25) is 0 Å². The molecule has 2 aromatic heterocycles. The molecule has 1 saturated heterocycles. The van der Waals surface area contributed by atoms with E-state index in [0.29, 0.717) is 0 Å². The Morgan fingerprint density at radius 3 is 2.59 bits per heavy atom. The minimum atomic E-state index is -4.43. The molecule has 1 aliphatic heterocycles. The fourth-order valence-corrected chi connectivity index (χ4v) is 6.03. The molecule has 4 N–H and O–H groups in total. The van der Waals surface area contributed by atoms with Crippen LogP contribution in [0.15, 0.2) is 36.7 Å². The number of nitrogens with zero attached hydrogens (tertiary/aromatic N) is 4. The Kier molecular flexibility index (Phi) is 10.2. The van der Waals surface area contributed by atoms with Crippen molar-refractivity contribution in [3.63, 3.8) is 0 Å². The van der Waals surface area contributed by atoms with Gasteiger partial charge in [-0.1, -0.05) is 29.8 Å². The molecule has 1 aliphatic rings. The van der Waals surface area contributed by atoms with Crippen LogP contribution < -0.4 is 20.7 Å². The minimum absolute atomic E-state index is 0.0464. The summed E-state index contributed by atoms with van der Waals surface area (Å²) in [5.41, 5.74) is 6.08. The van der Waals surface area contributed by atoms with Crippen molar-refractivity contribution in [3.05, 3.63) is 36.7 Å². The van der Waals surface area contributed by atoms with Gasteiger partial charge in [-0.05, 0) is 32.9 Å². The van der Waals surface area contributed by atoms with Gasteiger partial charge in [0.25, 0.3) is 5.13 Å². The van der Waals surface area contributed by atoms with Gasteiger partial charge in [-0.25, -0.2) is 18.7 Å². The predicted molar refractivity (Wildman–Crippen MR) is 155 cm³/mol. The third-order valence-electron chi connectivity index (χ3n) is 6.10. The lowest BCUT2D eigenvalue weighted by molar-refractivity contribution is -0.149. The highest BCUT2D eigenvalue weighted by molar-refractivity contribution is 7.52. The summed E-state index contributed by atoms with van der Waals surface area (Å²) < 4.78 is 63.5. The molecule has 6 atom stereocenters. The number of benzene rings is 1. The molecule has 0 aliphatic carbocycles. The molecule has 19 heteroatoms. The quantitative estimate of drug-likeness (QED) is 0.145. The van der Waals surface area contributed by atoms with Crippen LogP contribution in [0.1, 0.15) is 27.0 Å². The number of nitrogen functional groups attached to an aromatic ring is 1. The first-order valence-electron chi connectivity index (χ1n) is 13.2. The summed E-state index contributed by atoms with van der Waals surface area (Å²) in [6, 6.07) is 6.79. The molecule has 4 rings (SSSR count). The third kappa shape index (κ3) is 7.30. The number of hydrogen-bond acceptors (Lipinski definition) is 14. The summed E-state index contributed by atoms with van der Waals surface area (Å²) in [4.78, 5) is 37.0. The summed E-state index contributed by atoms with van der Waals surface area (Å²) in [5, 5.41) is 2.35. The highest BCUT2D eigenvalue weighted by atomic mass is 35.5. The van der Waals surface area contributed by atoms with Gasteiger partial charge < -0.3 is 34.5 Å². The first-order valence-corrected chi connectivity index (χ1v) is 15.1. The Morgan fingerprint density at radius 2 is 1.95 bits per heavy atom. The largest absolute Gasteiger partial charge is 0.508 e. The topological polar surface area (TPSA) is 200 Å². The van der Waals surface area contributed by atoms with E-state index < -0.39 is 62.2 Å². The van der Waals surface area contributed by atoms with Gasteiger partial charge in [-0.2, -0.15) is 15.1 Å². The first-order chi connectivity index (χ1) is 20.8. The molecule has 1 fully saturated rings. The molecule has 3 aromatic rings. The average molecular weight is 660 g/mol. The monoisotopic (exact) mass is 659 g/mol. The molecule has 3 heterocycles. The lowest BCUT2D eigenvalue weighted by atomic mass is 10.1. The van der Waals surface area contributed by atoms with Crippen LogP contribution in [-0.4, -0.2) is 81.9 Å². The SMILES string of the molecule is CNc1nc(N)nc2c1ncn2[C@@H]1O[C@H](COP(=O)(N[C@@H](C)C(=O)OC(C)C)Oc2ccccc2)[C@@H](OC(=O)OC)[C@]1(F)Cl. The number of halogens is 2. The maximum Gasteiger partial charge on any atom is 0.508 e. The van der Waals surface area contributed by atoms with Gasteiger partial charge in [0.2, 0.25) is 5.95 Å². The van der Waals surface area contributed by atoms with Gasteiger partial charge in [0.1, 0.15) is 17.9 Å². The van der Waals surface area contributed by atoms with Crippen molar-refractivity contribution >= 4 is 54.4 Å². The van der Waals surface area contributed by atoms with Crippen LogP contribution >= 0.6 is 19.3 Å². The van der Waals surface area contributed by atoms with Gasteiger partial charge >= 0.3 is 19.9 Å². The second-order valence-electron chi connectivity index (χ2n) is 9.73. The second kappa shape index (κ2) is 13.5. The van der Waals surface area contributed by atoms with E-state index >= 15 is 4.39 Å². The molecular formula is C25H32ClFN7O9P. The van der Waals surface area contributed by atoms with E-state index in [2.05, 4.69) is 30.1 Å². The van der Waals surface area contributed by atoms with E-state index in [1.807, 2.05) is 0 Å². The fourth-order valence-electron chi connectivity index (χ4n) is 4.19.